The van der Waals surface area contributed by atoms with Gasteiger partial charge in [0.2, 0.25) is 5.76 Å². The van der Waals surface area contributed by atoms with Crippen molar-refractivity contribution in [2.24, 2.45) is 0 Å². The Morgan fingerprint density at radius 2 is 2.10 bits per heavy atom. The average Bonchev–Trinajstić information content (AvgIpc) is 2.47. The number of amides is 1. The molecule has 0 atom stereocenters. The van der Waals surface area contributed by atoms with Crippen LogP contribution in [-0.2, 0) is 25.7 Å². The first-order chi connectivity index (χ1) is 9.88. The lowest BCUT2D eigenvalue weighted by Gasteiger charge is -2.18. The second-order valence-electron chi connectivity index (χ2n) is 3.83. The highest BCUT2D eigenvalue weighted by atomic mass is 35.5. The second kappa shape index (κ2) is 7.61. The predicted octanol–water partition coefficient (Wildman–Crippen LogP) is 1.98. The van der Waals surface area contributed by atoms with Crippen molar-refractivity contribution >= 4 is 23.5 Å². The molecule has 0 aromatic heterocycles. The molecule has 8 heteroatoms. The summed E-state index contributed by atoms with van der Waals surface area (Å²) < 4.78 is 17.3. The zero-order chi connectivity index (χ0) is 16.0. The van der Waals surface area contributed by atoms with Gasteiger partial charge in [-0.2, -0.15) is 0 Å². The van der Waals surface area contributed by atoms with Gasteiger partial charge in [-0.3, -0.25) is 9.63 Å². The maximum absolute atomic E-state index is 13.0. The smallest absolute Gasteiger partial charge is 0.373 e. The third-order valence-electron chi connectivity index (χ3n) is 2.43. The molecule has 0 spiro atoms. The van der Waals surface area contributed by atoms with Crippen molar-refractivity contribution < 1.29 is 28.7 Å². The highest BCUT2D eigenvalue weighted by Crippen LogP contribution is 2.17. The number of halogens is 2. The zero-order valence-electron chi connectivity index (χ0n) is 11.3. The van der Waals surface area contributed by atoms with E-state index >= 15 is 0 Å². The minimum absolute atomic E-state index is 0.0553. The van der Waals surface area contributed by atoms with E-state index in [9.17, 15) is 19.1 Å². The largest absolute Gasteiger partial charge is 0.502 e. The van der Waals surface area contributed by atoms with E-state index in [0.717, 1.165) is 18.2 Å². The summed E-state index contributed by atoms with van der Waals surface area (Å²) >= 11 is 5.63. The summed E-state index contributed by atoms with van der Waals surface area (Å²) in [7, 11) is 2.29. The first-order valence-corrected chi connectivity index (χ1v) is 6.05. The number of methoxy groups -OCH3 is 1. The van der Waals surface area contributed by atoms with Gasteiger partial charge in [0.05, 0.1) is 31.9 Å². The zero-order valence-corrected chi connectivity index (χ0v) is 12.1. The number of carbonyl (C=O) groups excluding carboxylic acids is 2. The Kier molecular flexibility index (Phi) is 6.13. The van der Waals surface area contributed by atoms with Crippen molar-refractivity contribution in [1.29, 1.82) is 0 Å². The van der Waals surface area contributed by atoms with Crippen molar-refractivity contribution in [3.63, 3.8) is 0 Å². The maximum Gasteiger partial charge on any atom is 0.373 e. The van der Waals surface area contributed by atoms with E-state index in [1.54, 1.807) is 0 Å². The van der Waals surface area contributed by atoms with E-state index in [-0.39, 0.29) is 11.6 Å². The molecular formula is C13H13ClFNO5. The molecule has 114 valence electrons. The van der Waals surface area contributed by atoms with Crippen molar-refractivity contribution in [1.82, 2.24) is 5.06 Å². The van der Waals surface area contributed by atoms with Gasteiger partial charge in [0.1, 0.15) is 5.82 Å². The summed E-state index contributed by atoms with van der Waals surface area (Å²) in [5.74, 6) is -3.29. The fourth-order valence-corrected chi connectivity index (χ4v) is 1.59. The molecule has 0 heterocycles. The Balaban J connectivity index is 2.85. The van der Waals surface area contributed by atoms with E-state index in [1.165, 1.54) is 19.2 Å². The molecule has 6 nitrogen and oxygen atoms in total. The van der Waals surface area contributed by atoms with Crippen LogP contribution in [0.15, 0.2) is 30.0 Å². The molecule has 21 heavy (non-hydrogen) atoms. The van der Waals surface area contributed by atoms with Gasteiger partial charge in [0.15, 0.2) is 0 Å². The average molecular weight is 318 g/mol. The normalized spacial score (nSPS) is 11.1. The molecule has 1 amide bonds. The summed E-state index contributed by atoms with van der Waals surface area (Å²) in [6, 6.07) is 3.90. The number of hydroxylamine groups is 2. The van der Waals surface area contributed by atoms with Crippen LogP contribution in [0.5, 0.6) is 0 Å². The lowest BCUT2D eigenvalue weighted by molar-refractivity contribution is -0.173. The van der Waals surface area contributed by atoms with E-state index < -0.39 is 23.5 Å². The van der Waals surface area contributed by atoms with E-state index in [1.807, 2.05) is 0 Å². The minimum Gasteiger partial charge on any atom is -0.502 e. The third-order valence-corrected chi connectivity index (χ3v) is 2.72. The number of aliphatic hydroxyl groups is 1. The molecule has 1 N–H and O–H groups in total. The fraction of sp³-hybridized carbons (Fsp3) is 0.231. The summed E-state index contributed by atoms with van der Waals surface area (Å²) in [5.41, 5.74) is 0.502. The van der Waals surface area contributed by atoms with Crippen LogP contribution in [0, 0.1) is 5.82 Å². The van der Waals surface area contributed by atoms with Gasteiger partial charge in [0, 0.05) is 0 Å². The van der Waals surface area contributed by atoms with Crippen LogP contribution in [0.3, 0.4) is 0 Å². The van der Waals surface area contributed by atoms with Gasteiger partial charge in [-0.05, 0) is 17.7 Å². The van der Waals surface area contributed by atoms with Gasteiger partial charge >= 0.3 is 5.97 Å². The molecule has 0 radical (unpaired) electrons. The Hall–Kier alpha value is -2.12. The fourth-order valence-electron chi connectivity index (χ4n) is 1.39. The number of hydrogen-bond donors (Lipinski definition) is 1. The van der Waals surface area contributed by atoms with Crippen LogP contribution in [0.2, 0.25) is 5.02 Å². The number of esters is 1. The van der Waals surface area contributed by atoms with Gasteiger partial charge in [-0.1, -0.05) is 17.7 Å². The molecule has 0 aliphatic rings. The van der Waals surface area contributed by atoms with Crippen LogP contribution >= 0.6 is 11.6 Å². The van der Waals surface area contributed by atoms with Gasteiger partial charge in [-0.15, -0.1) is 0 Å². The highest BCUT2D eigenvalue weighted by Gasteiger charge is 2.16. The van der Waals surface area contributed by atoms with Crippen molar-refractivity contribution in [2.75, 3.05) is 14.2 Å². The molecule has 0 saturated carbocycles. The number of carbonyl (C=O) groups is 2. The molecule has 0 aliphatic carbocycles. The number of benzene rings is 1. The van der Waals surface area contributed by atoms with Crippen molar-refractivity contribution in [2.45, 2.75) is 6.54 Å². The molecule has 0 fully saturated rings. The maximum atomic E-state index is 13.0. The number of nitrogens with zero attached hydrogens (tertiary/aromatic N) is 1. The van der Waals surface area contributed by atoms with E-state index in [4.69, 9.17) is 16.4 Å². The molecule has 0 unspecified atom stereocenters. The first kappa shape index (κ1) is 16.9. The predicted molar refractivity (Wildman–Crippen MR) is 71.7 cm³/mol. The number of hydrogen-bond acceptors (Lipinski definition) is 5. The number of ether oxygens (including phenoxy) is 1. The lowest BCUT2D eigenvalue weighted by Crippen LogP contribution is -2.28. The number of aliphatic hydroxyl groups excluding tert-OH is 1. The van der Waals surface area contributed by atoms with E-state index in [0.29, 0.717) is 11.6 Å². The second-order valence-corrected chi connectivity index (χ2v) is 4.23. The molecular weight excluding hydrogens is 305 g/mol. The molecule has 0 bridgehead atoms. The minimum atomic E-state index is -1.05. The molecule has 0 saturated heterocycles. The molecule has 1 aromatic rings. The monoisotopic (exact) mass is 317 g/mol. The SMILES string of the molecule is COC(=O)C(O)=CC(=O)N(Cc1ccc(F)c(Cl)c1)OC. The summed E-state index contributed by atoms with van der Waals surface area (Å²) in [6.07, 6.45) is 0.653. The van der Waals surface area contributed by atoms with Gasteiger partial charge in [0.25, 0.3) is 5.91 Å². The Bertz CT molecular complexity index is 576. The lowest BCUT2D eigenvalue weighted by atomic mass is 10.2. The Labute approximate surface area is 125 Å². The molecule has 1 aromatic carbocycles. The summed E-state index contributed by atoms with van der Waals surface area (Å²) in [4.78, 5) is 27.6. The van der Waals surface area contributed by atoms with Crippen molar-refractivity contribution in [3.8, 4) is 0 Å². The Morgan fingerprint density at radius 1 is 1.43 bits per heavy atom. The van der Waals surface area contributed by atoms with Gasteiger partial charge < -0.3 is 9.84 Å². The van der Waals surface area contributed by atoms with Crippen molar-refractivity contribution in [3.05, 3.63) is 46.4 Å². The van der Waals surface area contributed by atoms with Crippen LogP contribution in [0.4, 0.5) is 4.39 Å². The summed E-state index contributed by atoms with van der Waals surface area (Å²) in [6.45, 7) is -0.0553. The van der Waals surface area contributed by atoms with Crippen LogP contribution in [0.25, 0.3) is 0 Å². The standard InChI is InChI=1S/C13H13ClFNO5/c1-20-13(19)11(17)6-12(18)16(21-2)7-8-3-4-10(15)9(14)5-8/h3-6,17H,7H2,1-2H3. The topological polar surface area (TPSA) is 76.1 Å². The number of rotatable bonds is 5. The quantitative estimate of drug-likeness (QED) is 0.389. The van der Waals surface area contributed by atoms with Crippen LogP contribution < -0.4 is 0 Å². The van der Waals surface area contributed by atoms with E-state index in [2.05, 4.69) is 4.74 Å². The third kappa shape index (κ3) is 4.73. The first-order valence-electron chi connectivity index (χ1n) is 5.67. The molecule has 1 rings (SSSR count). The van der Waals surface area contributed by atoms with Crippen LogP contribution in [0.1, 0.15) is 5.56 Å². The highest BCUT2D eigenvalue weighted by molar-refractivity contribution is 6.30. The molecule has 0 aliphatic heterocycles. The summed E-state index contributed by atoms with van der Waals surface area (Å²) in [5, 5.41) is 10.0. The van der Waals surface area contributed by atoms with Crippen LogP contribution in [-0.4, -0.2) is 36.3 Å². The Morgan fingerprint density at radius 3 is 2.62 bits per heavy atom. The van der Waals surface area contributed by atoms with Gasteiger partial charge in [-0.25, -0.2) is 14.2 Å².